The van der Waals surface area contributed by atoms with Gasteiger partial charge in [0.05, 0.1) is 19.3 Å². The number of rotatable bonds is 4. The average molecular weight is 279 g/mol. The van der Waals surface area contributed by atoms with E-state index in [1.54, 1.807) is 0 Å². The van der Waals surface area contributed by atoms with Crippen LogP contribution in [0.25, 0.3) is 0 Å². The number of carbonyl (C=O) groups excluding carboxylic acids is 1. The summed E-state index contributed by atoms with van der Waals surface area (Å²) in [6.45, 7) is 0.241. The van der Waals surface area contributed by atoms with Gasteiger partial charge in [-0.3, -0.25) is 0 Å². The van der Waals surface area contributed by atoms with Crippen molar-refractivity contribution in [3.8, 4) is 6.07 Å². The van der Waals surface area contributed by atoms with E-state index in [2.05, 4.69) is 24.7 Å². The van der Waals surface area contributed by atoms with Gasteiger partial charge in [0, 0.05) is 0 Å². The minimum absolute atomic E-state index is 0.106. The number of hydrogen-bond acceptors (Lipinski definition) is 9. The zero-order chi connectivity index (χ0) is 13.8. The molecule has 0 aliphatic carbocycles. The minimum atomic E-state index is -0.606. The lowest BCUT2D eigenvalue weighted by molar-refractivity contribution is 0.0603. The highest BCUT2D eigenvalue weighted by Crippen LogP contribution is 2.35. The smallest absolute Gasteiger partial charge is 0.343 e. The van der Waals surface area contributed by atoms with Crippen LogP contribution in [0.3, 0.4) is 0 Å². The van der Waals surface area contributed by atoms with E-state index < -0.39 is 5.97 Å². The molecule has 0 fully saturated rings. The van der Waals surface area contributed by atoms with Crippen molar-refractivity contribution < 1.29 is 14.1 Å². The van der Waals surface area contributed by atoms with Gasteiger partial charge in [-0.05, 0) is 0 Å². The highest BCUT2D eigenvalue weighted by atomic mass is 32.1. The Bertz CT molecular complexity index is 628. The van der Waals surface area contributed by atoms with Gasteiger partial charge in [-0.2, -0.15) is 10.2 Å². The highest BCUT2D eigenvalue weighted by Gasteiger charge is 2.22. The minimum Gasteiger partial charge on any atom is -0.465 e. The summed E-state index contributed by atoms with van der Waals surface area (Å²) in [6, 6.07) is 1.92. The van der Waals surface area contributed by atoms with Gasteiger partial charge in [0.1, 0.15) is 21.5 Å². The van der Waals surface area contributed by atoms with Gasteiger partial charge in [0.15, 0.2) is 5.82 Å². The third-order valence-electron chi connectivity index (χ3n) is 2.25. The Morgan fingerprint density at radius 1 is 1.74 bits per heavy atom. The SMILES string of the molecule is COC(=O)c1c(NCc2ncon2)sc(C#N)c1N. The van der Waals surface area contributed by atoms with E-state index in [0.717, 1.165) is 11.3 Å². The van der Waals surface area contributed by atoms with E-state index in [4.69, 9.17) is 11.0 Å². The molecule has 0 aliphatic heterocycles. The van der Waals surface area contributed by atoms with Gasteiger partial charge in [-0.1, -0.05) is 5.16 Å². The molecule has 9 heteroatoms. The van der Waals surface area contributed by atoms with Crippen LogP contribution in [-0.2, 0) is 11.3 Å². The molecule has 0 saturated carbocycles. The van der Waals surface area contributed by atoms with Crippen LogP contribution in [0.4, 0.5) is 10.7 Å². The summed E-state index contributed by atoms with van der Waals surface area (Å²) in [7, 11) is 1.24. The number of nitrogens with one attached hydrogen (secondary N) is 1. The third-order valence-corrected chi connectivity index (χ3v) is 3.32. The molecule has 0 aliphatic rings. The first-order valence-corrected chi connectivity index (χ1v) is 5.88. The van der Waals surface area contributed by atoms with Crippen molar-refractivity contribution in [3.05, 3.63) is 22.7 Å². The van der Waals surface area contributed by atoms with Gasteiger partial charge in [-0.15, -0.1) is 11.3 Å². The lowest BCUT2D eigenvalue weighted by Crippen LogP contribution is -2.08. The fraction of sp³-hybridized carbons (Fsp3) is 0.200. The standard InChI is InChI=1S/C10H9N5O3S/c1-17-10(16)7-8(12)5(2-11)19-9(7)13-3-6-14-4-18-15-6/h4,13H,3,12H2,1H3. The van der Waals surface area contributed by atoms with Crippen LogP contribution in [0.5, 0.6) is 0 Å². The number of nitrogens with two attached hydrogens (primary N) is 1. The molecule has 8 nitrogen and oxygen atoms in total. The second-order valence-electron chi connectivity index (χ2n) is 3.35. The van der Waals surface area contributed by atoms with E-state index in [9.17, 15) is 4.79 Å². The lowest BCUT2D eigenvalue weighted by Gasteiger charge is -2.04. The van der Waals surface area contributed by atoms with E-state index in [1.807, 2.05) is 6.07 Å². The number of nitriles is 1. The molecule has 0 amide bonds. The largest absolute Gasteiger partial charge is 0.465 e. The Balaban J connectivity index is 2.28. The molecule has 0 radical (unpaired) electrons. The molecule has 2 aromatic rings. The Kier molecular flexibility index (Phi) is 3.63. The number of methoxy groups -OCH3 is 1. The number of thiophene rings is 1. The molecule has 0 unspecified atom stereocenters. The Morgan fingerprint density at radius 2 is 2.53 bits per heavy atom. The van der Waals surface area contributed by atoms with Crippen molar-refractivity contribution in [2.24, 2.45) is 0 Å². The van der Waals surface area contributed by atoms with Crippen LogP contribution in [0.1, 0.15) is 21.1 Å². The Morgan fingerprint density at radius 3 is 3.11 bits per heavy atom. The van der Waals surface area contributed by atoms with E-state index in [0.29, 0.717) is 10.8 Å². The normalized spacial score (nSPS) is 9.89. The van der Waals surface area contributed by atoms with Crippen LogP contribution in [0.15, 0.2) is 10.9 Å². The topological polar surface area (TPSA) is 127 Å². The second kappa shape index (κ2) is 5.36. The zero-order valence-electron chi connectivity index (χ0n) is 9.84. The maximum atomic E-state index is 11.7. The van der Waals surface area contributed by atoms with Crippen molar-refractivity contribution in [1.29, 1.82) is 5.26 Å². The van der Waals surface area contributed by atoms with Gasteiger partial charge in [0.2, 0.25) is 6.39 Å². The summed E-state index contributed by atoms with van der Waals surface area (Å²) in [6.07, 6.45) is 1.20. The Labute approximate surface area is 111 Å². The quantitative estimate of drug-likeness (QED) is 0.793. The summed E-state index contributed by atoms with van der Waals surface area (Å²) >= 11 is 1.07. The number of hydrogen-bond donors (Lipinski definition) is 2. The molecule has 19 heavy (non-hydrogen) atoms. The maximum Gasteiger partial charge on any atom is 0.343 e. The van der Waals surface area contributed by atoms with Crippen LogP contribution < -0.4 is 11.1 Å². The van der Waals surface area contributed by atoms with Gasteiger partial charge in [-0.25, -0.2) is 4.79 Å². The monoisotopic (exact) mass is 279 g/mol. The van der Waals surface area contributed by atoms with E-state index >= 15 is 0 Å². The molecule has 3 N–H and O–H groups in total. The van der Waals surface area contributed by atoms with Gasteiger partial charge < -0.3 is 20.3 Å². The second-order valence-corrected chi connectivity index (χ2v) is 4.37. The van der Waals surface area contributed by atoms with Crippen LogP contribution in [0.2, 0.25) is 0 Å². The summed E-state index contributed by atoms with van der Waals surface area (Å²) < 4.78 is 9.23. The summed E-state index contributed by atoms with van der Waals surface area (Å²) in [4.78, 5) is 15.7. The molecule has 0 aromatic carbocycles. The first-order valence-electron chi connectivity index (χ1n) is 5.07. The van der Waals surface area contributed by atoms with Crippen molar-refractivity contribution in [1.82, 2.24) is 10.1 Å². The van der Waals surface area contributed by atoms with Crippen molar-refractivity contribution in [2.45, 2.75) is 6.54 Å². The average Bonchev–Trinajstić information content (AvgIpc) is 3.03. The number of carbonyl (C=O) groups is 1. The lowest BCUT2D eigenvalue weighted by atomic mass is 10.2. The first kappa shape index (κ1) is 12.8. The van der Waals surface area contributed by atoms with Crippen LogP contribution >= 0.6 is 11.3 Å². The highest BCUT2D eigenvalue weighted by molar-refractivity contribution is 7.17. The number of ether oxygens (including phenoxy) is 1. The number of anilines is 2. The molecule has 2 rings (SSSR count). The summed E-state index contributed by atoms with van der Waals surface area (Å²) in [5, 5.41) is 15.9. The third kappa shape index (κ3) is 2.48. The van der Waals surface area contributed by atoms with E-state index in [-0.39, 0.29) is 22.7 Å². The molecule has 2 aromatic heterocycles. The molecule has 98 valence electrons. The first-order chi connectivity index (χ1) is 9.17. The van der Waals surface area contributed by atoms with Gasteiger partial charge in [0.25, 0.3) is 0 Å². The molecule has 2 heterocycles. The number of nitrogen functional groups attached to an aromatic ring is 1. The van der Waals surface area contributed by atoms with Crippen LogP contribution in [-0.4, -0.2) is 23.2 Å². The number of esters is 1. The predicted octanol–water partition coefficient (Wildman–Crippen LogP) is 0.984. The molecular formula is C10H9N5O3S. The van der Waals surface area contributed by atoms with Crippen molar-refractivity contribution >= 4 is 28.0 Å². The van der Waals surface area contributed by atoms with Crippen molar-refractivity contribution in [3.63, 3.8) is 0 Å². The predicted molar refractivity (Wildman–Crippen MR) is 66.4 cm³/mol. The maximum absolute atomic E-state index is 11.7. The fourth-order valence-electron chi connectivity index (χ4n) is 1.39. The molecule has 0 atom stereocenters. The molecular weight excluding hydrogens is 270 g/mol. The Hall–Kier alpha value is -2.60. The number of aromatic nitrogens is 2. The van der Waals surface area contributed by atoms with Crippen molar-refractivity contribution in [2.75, 3.05) is 18.2 Å². The van der Waals surface area contributed by atoms with E-state index in [1.165, 1.54) is 13.5 Å². The fourth-order valence-corrected chi connectivity index (χ4v) is 2.29. The van der Waals surface area contributed by atoms with Crippen LogP contribution in [0, 0.1) is 11.3 Å². The summed E-state index contributed by atoms with van der Waals surface area (Å²) in [5.41, 5.74) is 5.99. The molecule has 0 saturated heterocycles. The van der Waals surface area contributed by atoms with Gasteiger partial charge >= 0.3 is 5.97 Å². The number of nitrogens with zero attached hydrogens (tertiary/aromatic N) is 3. The molecule has 0 bridgehead atoms. The zero-order valence-corrected chi connectivity index (χ0v) is 10.7. The summed E-state index contributed by atoms with van der Waals surface area (Å²) in [5.74, 6) is -0.188. The molecule has 0 spiro atoms.